The van der Waals surface area contributed by atoms with Crippen molar-refractivity contribution >= 4 is 29.2 Å². The standard InChI is InChI=1S/C14H16ClN5/c1-8-4-5-11(15)7-12(8)19-13(16)20-14-17-9(2)6-10(3)18-14/h4-7H,1-3H3,(H3,16,17,18,19,20). The number of aromatic nitrogens is 2. The number of hydrogen-bond donors (Lipinski definition) is 2. The molecule has 20 heavy (non-hydrogen) atoms. The van der Waals surface area contributed by atoms with Gasteiger partial charge < -0.3 is 11.1 Å². The molecule has 0 atom stereocenters. The lowest BCUT2D eigenvalue weighted by Crippen LogP contribution is -2.22. The summed E-state index contributed by atoms with van der Waals surface area (Å²) in [6.07, 6.45) is 0. The summed E-state index contributed by atoms with van der Waals surface area (Å²) in [5.74, 6) is 0.563. The van der Waals surface area contributed by atoms with Crippen molar-refractivity contribution in [3.8, 4) is 0 Å². The quantitative estimate of drug-likeness (QED) is 0.658. The number of aryl methyl sites for hydroxylation is 3. The zero-order valence-electron chi connectivity index (χ0n) is 11.6. The molecule has 0 bridgehead atoms. The topological polar surface area (TPSA) is 76.2 Å². The van der Waals surface area contributed by atoms with Crippen molar-refractivity contribution in [2.75, 3.05) is 5.32 Å². The van der Waals surface area contributed by atoms with Crippen molar-refractivity contribution in [1.29, 1.82) is 0 Å². The summed E-state index contributed by atoms with van der Waals surface area (Å²) in [4.78, 5) is 12.6. The average Bonchev–Trinajstić information content (AvgIpc) is 2.32. The van der Waals surface area contributed by atoms with E-state index in [0.29, 0.717) is 11.0 Å². The Morgan fingerprint density at radius 2 is 1.80 bits per heavy atom. The Morgan fingerprint density at radius 1 is 1.15 bits per heavy atom. The minimum absolute atomic E-state index is 0.223. The Kier molecular flexibility index (Phi) is 4.20. The van der Waals surface area contributed by atoms with Gasteiger partial charge in [0.1, 0.15) is 0 Å². The van der Waals surface area contributed by atoms with Crippen LogP contribution in [0.25, 0.3) is 0 Å². The fraction of sp³-hybridized carbons (Fsp3) is 0.214. The highest BCUT2D eigenvalue weighted by Crippen LogP contribution is 2.20. The molecule has 1 aromatic heterocycles. The third-order valence-electron chi connectivity index (χ3n) is 2.65. The third-order valence-corrected chi connectivity index (χ3v) is 2.89. The van der Waals surface area contributed by atoms with Gasteiger partial charge in [-0.05, 0) is 44.5 Å². The average molecular weight is 290 g/mol. The number of rotatable bonds is 2. The molecule has 0 amide bonds. The Hall–Kier alpha value is -2.14. The number of guanidine groups is 1. The van der Waals surface area contributed by atoms with Crippen LogP contribution in [0.5, 0.6) is 0 Å². The third kappa shape index (κ3) is 3.68. The summed E-state index contributed by atoms with van der Waals surface area (Å²) in [6.45, 7) is 5.73. The summed E-state index contributed by atoms with van der Waals surface area (Å²) in [5, 5.41) is 3.63. The Morgan fingerprint density at radius 3 is 2.45 bits per heavy atom. The van der Waals surface area contributed by atoms with Gasteiger partial charge in [0.2, 0.25) is 5.96 Å². The van der Waals surface area contributed by atoms with Crippen LogP contribution >= 0.6 is 11.6 Å². The Labute approximate surface area is 122 Å². The summed E-state index contributed by atoms with van der Waals surface area (Å²) in [6, 6.07) is 7.40. The molecule has 6 heteroatoms. The van der Waals surface area contributed by atoms with Crippen LogP contribution < -0.4 is 11.1 Å². The van der Waals surface area contributed by atoms with E-state index in [9.17, 15) is 0 Å². The number of nitrogens with zero attached hydrogens (tertiary/aromatic N) is 3. The zero-order chi connectivity index (χ0) is 14.7. The van der Waals surface area contributed by atoms with Crippen molar-refractivity contribution < 1.29 is 0 Å². The van der Waals surface area contributed by atoms with Crippen LogP contribution in [0.15, 0.2) is 29.3 Å². The predicted molar refractivity (Wildman–Crippen MR) is 82.6 cm³/mol. The maximum Gasteiger partial charge on any atom is 0.253 e. The largest absolute Gasteiger partial charge is 0.369 e. The van der Waals surface area contributed by atoms with Gasteiger partial charge in [0.15, 0.2) is 0 Å². The van der Waals surface area contributed by atoms with Crippen molar-refractivity contribution in [2.45, 2.75) is 20.8 Å². The molecule has 0 saturated carbocycles. The minimum Gasteiger partial charge on any atom is -0.369 e. The van der Waals surface area contributed by atoms with E-state index in [1.165, 1.54) is 0 Å². The van der Waals surface area contributed by atoms with Crippen LogP contribution in [0.4, 0.5) is 11.6 Å². The van der Waals surface area contributed by atoms with Crippen LogP contribution in [0.2, 0.25) is 5.02 Å². The van der Waals surface area contributed by atoms with Gasteiger partial charge >= 0.3 is 0 Å². The molecule has 3 N–H and O–H groups in total. The molecule has 2 aromatic rings. The molecule has 0 aliphatic rings. The van der Waals surface area contributed by atoms with Gasteiger partial charge in [0.25, 0.3) is 5.95 Å². The molecule has 2 rings (SSSR count). The van der Waals surface area contributed by atoms with Crippen molar-refractivity contribution in [2.24, 2.45) is 10.7 Å². The van der Waals surface area contributed by atoms with E-state index in [1.54, 1.807) is 6.07 Å². The van der Waals surface area contributed by atoms with E-state index >= 15 is 0 Å². The van der Waals surface area contributed by atoms with Gasteiger partial charge in [-0.1, -0.05) is 17.7 Å². The molecule has 0 unspecified atom stereocenters. The van der Waals surface area contributed by atoms with Gasteiger partial charge in [-0.3, -0.25) is 0 Å². The van der Waals surface area contributed by atoms with E-state index in [4.69, 9.17) is 17.3 Å². The number of hydrogen-bond acceptors (Lipinski definition) is 3. The molecule has 5 nitrogen and oxygen atoms in total. The van der Waals surface area contributed by atoms with Gasteiger partial charge in [-0.25, -0.2) is 9.97 Å². The first kappa shape index (κ1) is 14.3. The van der Waals surface area contributed by atoms with Crippen molar-refractivity contribution in [3.05, 3.63) is 46.2 Å². The molecule has 0 saturated heterocycles. The van der Waals surface area contributed by atoms with E-state index in [2.05, 4.69) is 20.3 Å². The lowest BCUT2D eigenvalue weighted by molar-refractivity contribution is 1.04. The van der Waals surface area contributed by atoms with Gasteiger partial charge in [0.05, 0.1) is 0 Å². The molecule has 0 spiro atoms. The monoisotopic (exact) mass is 289 g/mol. The highest BCUT2D eigenvalue weighted by molar-refractivity contribution is 6.31. The first-order valence-electron chi connectivity index (χ1n) is 6.13. The maximum atomic E-state index is 5.96. The van der Waals surface area contributed by atoms with E-state index in [1.807, 2.05) is 39.0 Å². The fourth-order valence-electron chi connectivity index (χ4n) is 1.76. The SMILES string of the molecule is Cc1cc(C)nc(/N=C(/N)Nc2cc(Cl)ccc2C)n1. The second-order valence-electron chi connectivity index (χ2n) is 4.53. The second kappa shape index (κ2) is 5.88. The number of aliphatic imine (C=N–C) groups is 1. The van der Waals surface area contributed by atoms with E-state index < -0.39 is 0 Å². The number of nitrogens with two attached hydrogens (primary N) is 1. The van der Waals surface area contributed by atoms with E-state index in [-0.39, 0.29) is 5.96 Å². The summed E-state index contributed by atoms with van der Waals surface area (Å²) >= 11 is 5.96. The Bertz CT molecular complexity index is 646. The minimum atomic E-state index is 0.223. The highest BCUT2D eigenvalue weighted by Gasteiger charge is 2.03. The van der Waals surface area contributed by atoms with Crippen LogP contribution in [0.3, 0.4) is 0 Å². The van der Waals surface area contributed by atoms with Crippen LogP contribution in [0.1, 0.15) is 17.0 Å². The Balaban J connectivity index is 2.24. The second-order valence-corrected chi connectivity index (χ2v) is 4.97. The fourth-order valence-corrected chi connectivity index (χ4v) is 1.93. The molecular weight excluding hydrogens is 274 g/mol. The van der Waals surface area contributed by atoms with Crippen molar-refractivity contribution in [3.63, 3.8) is 0 Å². The number of halogens is 1. The predicted octanol–water partition coefficient (Wildman–Crippen LogP) is 3.11. The molecule has 1 heterocycles. The van der Waals surface area contributed by atoms with Gasteiger partial charge in [-0.15, -0.1) is 0 Å². The van der Waals surface area contributed by atoms with Crippen LogP contribution in [-0.2, 0) is 0 Å². The number of benzene rings is 1. The van der Waals surface area contributed by atoms with Gasteiger partial charge in [-0.2, -0.15) is 4.99 Å². The summed E-state index contributed by atoms with van der Waals surface area (Å²) < 4.78 is 0. The lowest BCUT2D eigenvalue weighted by Gasteiger charge is -2.09. The maximum absolute atomic E-state index is 5.96. The lowest BCUT2D eigenvalue weighted by atomic mass is 10.2. The van der Waals surface area contributed by atoms with Gasteiger partial charge in [0, 0.05) is 22.1 Å². The first-order chi connectivity index (χ1) is 9.44. The van der Waals surface area contributed by atoms with Crippen LogP contribution in [-0.4, -0.2) is 15.9 Å². The molecule has 0 aliphatic heterocycles. The van der Waals surface area contributed by atoms with Crippen LogP contribution in [0, 0.1) is 20.8 Å². The molecular formula is C14H16ClN5. The number of nitrogens with one attached hydrogen (secondary N) is 1. The molecule has 0 fully saturated rings. The first-order valence-corrected chi connectivity index (χ1v) is 6.51. The van der Waals surface area contributed by atoms with E-state index in [0.717, 1.165) is 22.6 Å². The summed E-state index contributed by atoms with van der Waals surface area (Å²) in [5.41, 5.74) is 9.40. The van der Waals surface area contributed by atoms with Crippen molar-refractivity contribution in [1.82, 2.24) is 9.97 Å². The normalized spacial score (nSPS) is 11.5. The smallest absolute Gasteiger partial charge is 0.253 e. The number of anilines is 1. The molecule has 104 valence electrons. The highest BCUT2D eigenvalue weighted by atomic mass is 35.5. The molecule has 1 aromatic carbocycles. The zero-order valence-corrected chi connectivity index (χ0v) is 12.4. The summed E-state index contributed by atoms with van der Waals surface area (Å²) in [7, 11) is 0. The molecule has 0 radical (unpaired) electrons. The molecule has 0 aliphatic carbocycles.